The van der Waals surface area contributed by atoms with E-state index >= 15 is 0 Å². The normalized spacial score (nSPS) is 11.3. The zero-order valence-corrected chi connectivity index (χ0v) is 18.1. The fourth-order valence-corrected chi connectivity index (χ4v) is 4.08. The van der Waals surface area contributed by atoms with E-state index in [2.05, 4.69) is 5.32 Å². The van der Waals surface area contributed by atoms with E-state index < -0.39 is 15.9 Å². The molecule has 0 aliphatic rings. The van der Waals surface area contributed by atoms with Gasteiger partial charge in [0.05, 0.1) is 10.6 Å². The van der Waals surface area contributed by atoms with Gasteiger partial charge in [0.1, 0.15) is 17.3 Å². The minimum atomic E-state index is -3.75. The van der Waals surface area contributed by atoms with Crippen LogP contribution in [0.3, 0.4) is 0 Å². The maximum atomic E-state index is 12.8. The number of amides is 1. The summed E-state index contributed by atoms with van der Waals surface area (Å²) in [7, 11) is -0.925. The summed E-state index contributed by atoms with van der Waals surface area (Å²) in [6.45, 7) is 0.317. The van der Waals surface area contributed by atoms with Crippen molar-refractivity contribution >= 4 is 33.2 Å². The lowest BCUT2D eigenvalue weighted by molar-refractivity contribution is 0.102. The highest BCUT2D eigenvalue weighted by atomic mass is 35.5. The summed E-state index contributed by atoms with van der Waals surface area (Å²) in [4.78, 5) is 12.8. The molecule has 0 unspecified atom stereocenters. The molecule has 30 heavy (non-hydrogen) atoms. The maximum absolute atomic E-state index is 12.8. The molecule has 0 bridgehead atoms. The minimum Gasteiger partial charge on any atom is -0.488 e. The lowest BCUT2D eigenvalue weighted by Gasteiger charge is -2.15. The first-order valence-electron chi connectivity index (χ1n) is 9.08. The Hall–Kier alpha value is -2.87. The molecule has 0 aliphatic heterocycles. The van der Waals surface area contributed by atoms with Crippen LogP contribution in [0, 0.1) is 0 Å². The quantitative estimate of drug-likeness (QED) is 0.585. The SMILES string of the molecule is CN(C)S(=O)(=O)c1cc(NC(=O)c2ccccc2OCc2ccccc2)ccc1Cl. The zero-order chi connectivity index (χ0) is 21.7. The lowest BCUT2D eigenvalue weighted by Crippen LogP contribution is -2.23. The van der Waals surface area contributed by atoms with E-state index in [0.717, 1.165) is 9.87 Å². The molecule has 3 aromatic rings. The first-order valence-corrected chi connectivity index (χ1v) is 10.9. The number of ether oxygens (including phenoxy) is 1. The van der Waals surface area contributed by atoms with Crippen molar-refractivity contribution in [3.8, 4) is 5.75 Å². The second-order valence-electron chi connectivity index (χ2n) is 6.66. The third-order valence-corrected chi connectivity index (χ3v) is 6.61. The third-order valence-electron chi connectivity index (χ3n) is 4.32. The Balaban J connectivity index is 1.82. The van der Waals surface area contributed by atoms with Crippen molar-refractivity contribution in [3.05, 3.63) is 88.9 Å². The standard InChI is InChI=1S/C22H21ClN2O4S/c1-25(2)30(27,28)21-14-17(12-13-19(21)23)24-22(26)18-10-6-7-11-20(18)29-15-16-8-4-3-5-9-16/h3-14H,15H2,1-2H3,(H,24,26). The van der Waals surface area contributed by atoms with Crippen LogP contribution in [-0.2, 0) is 16.6 Å². The van der Waals surface area contributed by atoms with Gasteiger partial charge in [-0.3, -0.25) is 4.79 Å². The van der Waals surface area contributed by atoms with Gasteiger partial charge >= 0.3 is 0 Å². The number of benzene rings is 3. The summed E-state index contributed by atoms with van der Waals surface area (Å²) in [5.74, 6) is 0.00291. The predicted octanol–water partition coefficient (Wildman–Crippen LogP) is 4.42. The molecule has 0 radical (unpaired) electrons. The molecule has 156 valence electrons. The van der Waals surface area contributed by atoms with Crippen LogP contribution in [-0.4, -0.2) is 32.7 Å². The maximum Gasteiger partial charge on any atom is 0.259 e. The zero-order valence-electron chi connectivity index (χ0n) is 16.5. The van der Waals surface area contributed by atoms with Crippen molar-refractivity contribution in [2.24, 2.45) is 0 Å². The molecule has 6 nitrogen and oxygen atoms in total. The Morgan fingerprint density at radius 1 is 1.00 bits per heavy atom. The van der Waals surface area contributed by atoms with Crippen molar-refractivity contribution in [2.75, 3.05) is 19.4 Å². The Morgan fingerprint density at radius 2 is 1.67 bits per heavy atom. The van der Waals surface area contributed by atoms with Crippen LogP contribution in [0.25, 0.3) is 0 Å². The molecule has 8 heteroatoms. The molecule has 0 heterocycles. The lowest BCUT2D eigenvalue weighted by atomic mass is 10.1. The molecule has 0 saturated carbocycles. The van der Waals surface area contributed by atoms with Gasteiger partial charge in [0.2, 0.25) is 10.0 Å². The molecular formula is C22H21ClN2O4S. The van der Waals surface area contributed by atoms with Crippen molar-refractivity contribution in [2.45, 2.75) is 11.5 Å². The Labute approximate surface area is 181 Å². The van der Waals surface area contributed by atoms with E-state index in [1.54, 1.807) is 30.3 Å². The highest BCUT2D eigenvalue weighted by Crippen LogP contribution is 2.28. The number of halogens is 1. The average molecular weight is 445 g/mol. The monoisotopic (exact) mass is 444 g/mol. The molecule has 0 fully saturated rings. The molecule has 0 aromatic heterocycles. The molecule has 0 saturated heterocycles. The summed E-state index contributed by atoms with van der Waals surface area (Å²) >= 11 is 6.06. The van der Waals surface area contributed by atoms with Crippen LogP contribution in [0.4, 0.5) is 5.69 Å². The van der Waals surface area contributed by atoms with Crippen molar-refractivity contribution in [1.82, 2.24) is 4.31 Å². The predicted molar refractivity (Wildman–Crippen MR) is 117 cm³/mol. The van der Waals surface area contributed by atoms with Gasteiger partial charge in [-0.05, 0) is 35.9 Å². The number of rotatable bonds is 7. The van der Waals surface area contributed by atoms with Crippen LogP contribution in [0.5, 0.6) is 5.75 Å². The molecule has 1 N–H and O–H groups in total. The van der Waals surface area contributed by atoms with Gasteiger partial charge in [0, 0.05) is 19.8 Å². The van der Waals surface area contributed by atoms with Gasteiger partial charge in [-0.25, -0.2) is 12.7 Å². The molecule has 3 rings (SSSR count). The van der Waals surface area contributed by atoms with Crippen LogP contribution in [0.15, 0.2) is 77.7 Å². The van der Waals surface area contributed by atoms with Crippen molar-refractivity contribution in [3.63, 3.8) is 0 Å². The number of carbonyl (C=O) groups is 1. The van der Waals surface area contributed by atoms with Crippen molar-refractivity contribution in [1.29, 1.82) is 0 Å². The topological polar surface area (TPSA) is 75.7 Å². The molecule has 0 aliphatic carbocycles. The Kier molecular flexibility index (Phi) is 6.77. The summed E-state index contributed by atoms with van der Waals surface area (Å²) < 4.78 is 31.8. The number of nitrogens with one attached hydrogen (secondary N) is 1. The van der Waals surface area contributed by atoms with Gasteiger partial charge in [0.15, 0.2) is 0 Å². The van der Waals surface area contributed by atoms with E-state index in [-0.39, 0.29) is 9.92 Å². The van der Waals surface area contributed by atoms with Gasteiger partial charge in [0.25, 0.3) is 5.91 Å². The third kappa shape index (κ3) is 4.99. The summed E-state index contributed by atoms with van der Waals surface area (Å²) in [5.41, 5.74) is 1.62. The van der Waals surface area contributed by atoms with Gasteiger partial charge in [-0.15, -0.1) is 0 Å². The largest absolute Gasteiger partial charge is 0.488 e. The van der Waals surface area contributed by atoms with Gasteiger partial charge in [-0.1, -0.05) is 54.1 Å². The van der Waals surface area contributed by atoms with Crippen LogP contribution < -0.4 is 10.1 Å². The van der Waals surface area contributed by atoms with Crippen molar-refractivity contribution < 1.29 is 17.9 Å². The van der Waals surface area contributed by atoms with Crippen LogP contribution in [0.1, 0.15) is 15.9 Å². The number of hydrogen-bond donors (Lipinski definition) is 1. The van der Waals surface area contributed by atoms with E-state index in [4.69, 9.17) is 16.3 Å². The number of carbonyl (C=O) groups excluding carboxylic acids is 1. The molecule has 3 aromatic carbocycles. The van der Waals surface area contributed by atoms with E-state index in [1.165, 1.54) is 26.2 Å². The smallest absolute Gasteiger partial charge is 0.259 e. The molecule has 0 spiro atoms. The fourth-order valence-electron chi connectivity index (χ4n) is 2.69. The number of anilines is 1. The van der Waals surface area contributed by atoms with Crippen LogP contribution in [0.2, 0.25) is 5.02 Å². The minimum absolute atomic E-state index is 0.0771. The molecule has 1 amide bonds. The summed E-state index contributed by atoms with van der Waals surface area (Å²) in [6.07, 6.45) is 0. The van der Waals surface area contributed by atoms with Gasteiger partial charge < -0.3 is 10.1 Å². The van der Waals surface area contributed by atoms with E-state index in [0.29, 0.717) is 23.6 Å². The second-order valence-corrected chi connectivity index (χ2v) is 9.18. The Bertz CT molecular complexity index is 1150. The number of para-hydroxylation sites is 1. The fraction of sp³-hybridized carbons (Fsp3) is 0.136. The number of nitrogens with zero attached hydrogens (tertiary/aromatic N) is 1. The Morgan fingerprint density at radius 3 is 2.37 bits per heavy atom. The van der Waals surface area contributed by atoms with E-state index in [1.807, 2.05) is 30.3 Å². The first-order chi connectivity index (χ1) is 14.3. The van der Waals surface area contributed by atoms with Gasteiger partial charge in [-0.2, -0.15) is 0 Å². The summed E-state index contributed by atoms with van der Waals surface area (Å²) in [6, 6.07) is 20.8. The second kappa shape index (κ2) is 9.30. The number of sulfonamides is 1. The first kappa shape index (κ1) is 21.8. The van der Waals surface area contributed by atoms with E-state index in [9.17, 15) is 13.2 Å². The summed E-state index contributed by atoms with van der Waals surface area (Å²) in [5, 5.41) is 2.79. The molecular weight excluding hydrogens is 424 g/mol. The number of hydrogen-bond acceptors (Lipinski definition) is 4. The van der Waals surface area contributed by atoms with Crippen LogP contribution >= 0.6 is 11.6 Å². The average Bonchev–Trinajstić information content (AvgIpc) is 2.74. The highest BCUT2D eigenvalue weighted by Gasteiger charge is 2.22. The highest BCUT2D eigenvalue weighted by molar-refractivity contribution is 7.89. The molecule has 0 atom stereocenters.